The highest BCUT2D eigenvalue weighted by Crippen LogP contribution is 2.42. The van der Waals surface area contributed by atoms with E-state index in [1.165, 1.54) is 24.6 Å². The van der Waals surface area contributed by atoms with Crippen molar-refractivity contribution in [2.75, 3.05) is 20.8 Å². The second kappa shape index (κ2) is 8.38. The summed E-state index contributed by atoms with van der Waals surface area (Å²) < 4.78 is 29.9. The first kappa shape index (κ1) is 20.3. The first-order chi connectivity index (χ1) is 14.5. The Morgan fingerprint density at radius 2 is 1.80 bits per heavy atom. The number of methoxy groups -OCH3 is 2. The van der Waals surface area contributed by atoms with Crippen molar-refractivity contribution in [2.24, 2.45) is 0 Å². The summed E-state index contributed by atoms with van der Waals surface area (Å²) >= 11 is 0. The van der Waals surface area contributed by atoms with E-state index in [0.29, 0.717) is 29.0 Å². The Hall–Kier alpha value is -3.02. The number of hydrogen-bond acceptors (Lipinski definition) is 4. The molecule has 0 atom stereocenters. The van der Waals surface area contributed by atoms with Gasteiger partial charge < -0.3 is 19.2 Å². The summed E-state index contributed by atoms with van der Waals surface area (Å²) in [5.74, 6) is 0.909. The minimum absolute atomic E-state index is 0.175. The molecule has 0 unspecified atom stereocenters. The topological polar surface area (TPSA) is 60.7 Å². The van der Waals surface area contributed by atoms with Crippen molar-refractivity contribution >= 4 is 16.9 Å². The molecule has 5 nitrogen and oxygen atoms in total. The molecule has 3 aromatic rings. The van der Waals surface area contributed by atoms with Crippen molar-refractivity contribution in [1.29, 1.82) is 0 Å². The fraction of sp³-hybridized carbons (Fsp3) is 0.375. The number of nitrogens with one attached hydrogen (secondary N) is 1. The van der Waals surface area contributed by atoms with Crippen LogP contribution in [0.2, 0.25) is 0 Å². The molecular weight excluding hydrogens is 385 g/mol. The average Bonchev–Trinajstić information content (AvgIpc) is 3.21. The molecule has 1 saturated carbocycles. The van der Waals surface area contributed by atoms with Gasteiger partial charge in [0.1, 0.15) is 11.4 Å². The normalized spacial score (nSPS) is 15.7. The zero-order valence-corrected chi connectivity index (χ0v) is 17.3. The first-order valence-electron chi connectivity index (χ1n) is 10.2. The predicted molar refractivity (Wildman–Crippen MR) is 113 cm³/mol. The van der Waals surface area contributed by atoms with Crippen molar-refractivity contribution in [3.05, 3.63) is 59.6 Å². The molecule has 1 N–H and O–H groups in total. The number of hydrogen-bond donors (Lipinski definition) is 1. The zero-order valence-electron chi connectivity index (χ0n) is 17.3. The van der Waals surface area contributed by atoms with Crippen molar-refractivity contribution in [1.82, 2.24) is 5.32 Å². The summed E-state index contributed by atoms with van der Waals surface area (Å²) in [7, 11) is 3.24. The number of furan rings is 1. The lowest BCUT2D eigenvalue weighted by Gasteiger charge is -2.38. The van der Waals surface area contributed by atoms with E-state index in [0.717, 1.165) is 31.2 Å². The van der Waals surface area contributed by atoms with E-state index in [-0.39, 0.29) is 22.9 Å². The molecule has 0 saturated heterocycles. The summed E-state index contributed by atoms with van der Waals surface area (Å²) in [6.45, 7) is 0.493. The SMILES string of the molecule is COc1ccc(C2(CNC(=O)c3cc4cc(F)ccc4o3)CCCCC2)cc1OC. The lowest BCUT2D eigenvalue weighted by molar-refractivity contribution is 0.0911. The molecule has 0 bridgehead atoms. The monoisotopic (exact) mass is 411 g/mol. The van der Waals surface area contributed by atoms with Crippen LogP contribution in [-0.4, -0.2) is 26.7 Å². The largest absolute Gasteiger partial charge is 0.493 e. The van der Waals surface area contributed by atoms with Crippen LogP contribution in [0.1, 0.15) is 48.2 Å². The zero-order chi connectivity index (χ0) is 21.1. The maximum Gasteiger partial charge on any atom is 0.287 e. The van der Waals surface area contributed by atoms with E-state index in [1.807, 2.05) is 12.1 Å². The van der Waals surface area contributed by atoms with Crippen LogP contribution in [0.25, 0.3) is 11.0 Å². The summed E-state index contributed by atoms with van der Waals surface area (Å²) in [5.41, 5.74) is 1.45. The van der Waals surface area contributed by atoms with E-state index >= 15 is 0 Å². The second-order valence-electron chi connectivity index (χ2n) is 7.89. The quantitative estimate of drug-likeness (QED) is 0.604. The van der Waals surface area contributed by atoms with Crippen LogP contribution >= 0.6 is 0 Å². The van der Waals surface area contributed by atoms with Gasteiger partial charge in [0.25, 0.3) is 5.91 Å². The third-order valence-corrected chi connectivity index (χ3v) is 6.10. The Bertz CT molecular complexity index is 1050. The second-order valence-corrected chi connectivity index (χ2v) is 7.89. The van der Waals surface area contributed by atoms with Gasteiger partial charge in [0, 0.05) is 17.3 Å². The maximum atomic E-state index is 13.4. The lowest BCUT2D eigenvalue weighted by atomic mass is 9.69. The smallest absolute Gasteiger partial charge is 0.287 e. The minimum Gasteiger partial charge on any atom is -0.493 e. The van der Waals surface area contributed by atoms with Gasteiger partial charge in [0.15, 0.2) is 17.3 Å². The molecule has 1 fully saturated rings. The molecule has 1 aliphatic carbocycles. The van der Waals surface area contributed by atoms with Gasteiger partial charge in [-0.1, -0.05) is 25.3 Å². The van der Waals surface area contributed by atoms with Crippen LogP contribution in [-0.2, 0) is 5.41 Å². The number of benzene rings is 2. The van der Waals surface area contributed by atoms with Crippen molar-refractivity contribution in [3.63, 3.8) is 0 Å². The standard InChI is InChI=1S/C24H26FNO4/c1-28-20-8-6-17(14-21(20)29-2)24(10-4-3-5-11-24)15-26-23(27)22-13-16-12-18(25)7-9-19(16)30-22/h6-9,12-14H,3-5,10-11,15H2,1-2H3,(H,26,27). The molecule has 30 heavy (non-hydrogen) atoms. The van der Waals surface area contributed by atoms with Crippen LogP contribution in [0.4, 0.5) is 4.39 Å². The van der Waals surface area contributed by atoms with Crippen molar-refractivity contribution < 1.29 is 23.1 Å². The van der Waals surface area contributed by atoms with Gasteiger partial charge in [-0.2, -0.15) is 0 Å². The van der Waals surface area contributed by atoms with E-state index in [1.54, 1.807) is 20.3 Å². The molecule has 1 heterocycles. The van der Waals surface area contributed by atoms with Crippen molar-refractivity contribution in [2.45, 2.75) is 37.5 Å². The number of amides is 1. The summed E-state index contributed by atoms with van der Waals surface area (Å²) in [5, 5.41) is 3.63. The van der Waals surface area contributed by atoms with Gasteiger partial charge in [-0.25, -0.2) is 4.39 Å². The summed E-state index contributed by atoms with van der Waals surface area (Å²) in [6.07, 6.45) is 5.36. The molecule has 0 spiro atoms. The number of carbonyl (C=O) groups is 1. The van der Waals surface area contributed by atoms with Gasteiger partial charge in [-0.15, -0.1) is 0 Å². The molecular formula is C24H26FNO4. The van der Waals surface area contributed by atoms with Crippen molar-refractivity contribution in [3.8, 4) is 11.5 Å². The third kappa shape index (κ3) is 3.86. The van der Waals surface area contributed by atoms with Gasteiger partial charge in [0.05, 0.1) is 14.2 Å². The number of fused-ring (bicyclic) bond motifs is 1. The predicted octanol–water partition coefficient (Wildman–Crippen LogP) is 5.22. The highest BCUT2D eigenvalue weighted by Gasteiger charge is 2.35. The van der Waals surface area contributed by atoms with Gasteiger partial charge in [-0.3, -0.25) is 4.79 Å². The number of rotatable bonds is 6. The Kier molecular flexibility index (Phi) is 5.66. The van der Waals surface area contributed by atoms with E-state index in [4.69, 9.17) is 13.9 Å². The highest BCUT2D eigenvalue weighted by atomic mass is 19.1. The fourth-order valence-corrected chi connectivity index (χ4v) is 4.42. The van der Waals surface area contributed by atoms with Gasteiger partial charge in [-0.05, 0) is 54.8 Å². The molecule has 158 valence electrons. The molecule has 6 heteroatoms. The summed E-state index contributed by atoms with van der Waals surface area (Å²) in [4.78, 5) is 12.8. The van der Waals surface area contributed by atoms with Gasteiger partial charge >= 0.3 is 0 Å². The summed E-state index contributed by atoms with van der Waals surface area (Å²) in [6, 6.07) is 11.8. The van der Waals surface area contributed by atoms with Crippen LogP contribution in [0.3, 0.4) is 0 Å². The molecule has 4 rings (SSSR count). The molecule has 1 aliphatic rings. The molecule has 0 radical (unpaired) electrons. The number of ether oxygens (including phenoxy) is 2. The Morgan fingerprint density at radius 1 is 1.03 bits per heavy atom. The average molecular weight is 411 g/mol. The maximum absolute atomic E-state index is 13.4. The fourth-order valence-electron chi connectivity index (χ4n) is 4.42. The van der Waals surface area contributed by atoms with E-state index in [9.17, 15) is 9.18 Å². The Labute approximate surface area is 175 Å². The molecule has 1 amide bonds. The molecule has 0 aliphatic heterocycles. The van der Waals surface area contributed by atoms with Gasteiger partial charge in [0.2, 0.25) is 0 Å². The third-order valence-electron chi connectivity index (χ3n) is 6.10. The minimum atomic E-state index is -0.357. The van der Waals surface area contributed by atoms with Crippen LogP contribution in [0, 0.1) is 5.82 Å². The first-order valence-corrected chi connectivity index (χ1v) is 10.2. The Balaban J connectivity index is 1.57. The van der Waals surface area contributed by atoms with Crippen LogP contribution in [0.5, 0.6) is 11.5 Å². The highest BCUT2D eigenvalue weighted by molar-refractivity contribution is 5.96. The number of carbonyl (C=O) groups excluding carboxylic acids is 1. The van der Waals surface area contributed by atoms with E-state index in [2.05, 4.69) is 11.4 Å². The number of halogens is 1. The molecule has 2 aromatic carbocycles. The van der Waals surface area contributed by atoms with E-state index < -0.39 is 0 Å². The molecule has 1 aromatic heterocycles. The van der Waals surface area contributed by atoms with Crippen LogP contribution in [0.15, 0.2) is 46.9 Å². The van der Waals surface area contributed by atoms with Crippen LogP contribution < -0.4 is 14.8 Å². The lowest BCUT2D eigenvalue weighted by Crippen LogP contribution is -2.42. The Morgan fingerprint density at radius 3 is 2.53 bits per heavy atom.